The fourth-order valence-corrected chi connectivity index (χ4v) is 1.37. The van der Waals surface area contributed by atoms with E-state index in [1.54, 1.807) is 0 Å². The van der Waals surface area contributed by atoms with Crippen molar-refractivity contribution in [1.29, 1.82) is 0 Å². The van der Waals surface area contributed by atoms with Gasteiger partial charge < -0.3 is 13.6 Å². The van der Waals surface area contributed by atoms with Gasteiger partial charge in [0.25, 0.3) is 0 Å². The molecule has 0 aromatic rings. The van der Waals surface area contributed by atoms with E-state index < -0.39 is 10.4 Å². The Bertz CT molecular complexity index is 255. The van der Waals surface area contributed by atoms with Gasteiger partial charge in [-0.1, -0.05) is 32.6 Å². The zero-order valence-electron chi connectivity index (χ0n) is 12.4. The molecule has 0 aliphatic rings. The molecule has 7 heteroatoms. The second-order valence-corrected chi connectivity index (χ2v) is 6.01. The second-order valence-electron chi connectivity index (χ2n) is 5.19. The van der Waals surface area contributed by atoms with Crippen molar-refractivity contribution in [1.82, 2.24) is 0 Å². The van der Waals surface area contributed by atoms with Crippen LogP contribution in [0.4, 0.5) is 0 Å². The summed E-state index contributed by atoms with van der Waals surface area (Å²) in [6, 6.07) is 0. The topological polar surface area (TPSA) is 80.3 Å². The summed E-state index contributed by atoms with van der Waals surface area (Å²) in [5, 5.41) is 0. The van der Waals surface area contributed by atoms with Crippen LogP contribution >= 0.6 is 0 Å². The SMILES string of the molecule is CCCCCCCC[N+](C)(C)C.O=S(=O)([O-])[O-].[Na+]. The van der Waals surface area contributed by atoms with E-state index in [1.165, 1.54) is 45.1 Å². The van der Waals surface area contributed by atoms with Gasteiger partial charge in [0.1, 0.15) is 0 Å². The van der Waals surface area contributed by atoms with Gasteiger partial charge in [-0.2, -0.15) is 0 Å². The molecule has 0 aromatic heterocycles. The predicted octanol–water partition coefficient (Wildman–Crippen LogP) is -1.28. The van der Waals surface area contributed by atoms with Gasteiger partial charge in [0.2, 0.25) is 0 Å². The molecule has 0 aliphatic heterocycles. The van der Waals surface area contributed by atoms with Crippen molar-refractivity contribution in [2.75, 3.05) is 27.7 Å². The number of hydrogen-bond acceptors (Lipinski definition) is 4. The third-order valence-electron chi connectivity index (χ3n) is 2.18. The van der Waals surface area contributed by atoms with Crippen LogP contribution in [-0.4, -0.2) is 49.7 Å². The van der Waals surface area contributed by atoms with Gasteiger partial charge >= 0.3 is 29.6 Å². The molecule has 0 heterocycles. The first-order valence-electron chi connectivity index (χ1n) is 6.03. The largest absolute Gasteiger partial charge is 1.00 e. The maximum Gasteiger partial charge on any atom is 1.00 e. The van der Waals surface area contributed by atoms with Crippen molar-refractivity contribution in [2.45, 2.75) is 45.4 Å². The molecular formula is C11H26NNaO4S. The Kier molecular flexibility index (Phi) is 17.0. The molecule has 0 fully saturated rings. The summed E-state index contributed by atoms with van der Waals surface area (Å²) < 4.78 is 35.2. The molecule has 0 bridgehead atoms. The van der Waals surface area contributed by atoms with Crippen LogP contribution in [0.1, 0.15) is 45.4 Å². The molecule has 5 nitrogen and oxygen atoms in total. The third kappa shape index (κ3) is 43.6. The number of quaternary nitrogens is 1. The zero-order chi connectivity index (χ0) is 13.9. The first-order chi connectivity index (χ1) is 7.56. The van der Waals surface area contributed by atoms with Gasteiger partial charge in [-0.05, 0) is 12.8 Å². The predicted molar refractivity (Wildman–Crippen MR) is 66.8 cm³/mol. The van der Waals surface area contributed by atoms with Gasteiger partial charge in [-0.3, -0.25) is 8.42 Å². The molecule has 0 rings (SSSR count). The average Bonchev–Trinajstić information content (AvgIpc) is 2.06. The fourth-order valence-electron chi connectivity index (χ4n) is 1.37. The zero-order valence-corrected chi connectivity index (χ0v) is 15.3. The normalized spacial score (nSPS) is 11.2. The maximum absolute atomic E-state index is 8.52. The quantitative estimate of drug-likeness (QED) is 0.192. The van der Waals surface area contributed by atoms with Crippen molar-refractivity contribution < 1.29 is 51.6 Å². The molecule has 0 spiro atoms. The standard InChI is InChI=1S/C11H26N.Na.H2O4S/c1-5-6-7-8-9-10-11-12(2,3)4;;1-5(2,3)4/h5-11H2,1-4H3;;(H2,1,2,3,4)/q2*+1;/p-2. The van der Waals surface area contributed by atoms with Gasteiger partial charge in [-0.15, -0.1) is 0 Å². The van der Waals surface area contributed by atoms with Gasteiger partial charge in [-0.25, -0.2) is 0 Å². The Morgan fingerprint density at radius 3 is 1.56 bits per heavy atom. The summed E-state index contributed by atoms with van der Waals surface area (Å²) in [6.07, 6.45) is 8.48. The minimum absolute atomic E-state index is 0. The molecule has 0 saturated carbocycles. The molecule has 0 unspecified atom stereocenters. The Labute approximate surface area is 134 Å². The van der Waals surface area contributed by atoms with E-state index in [-0.39, 0.29) is 29.6 Å². The van der Waals surface area contributed by atoms with Crippen LogP contribution in [0.5, 0.6) is 0 Å². The Hall–Kier alpha value is 0.830. The van der Waals surface area contributed by atoms with E-state index in [0.29, 0.717) is 0 Å². The summed E-state index contributed by atoms with van der Waals surface area (Å²) in [5.74, 6) is 0. The van der Waals surface area contributed by atoms with E-state index in [4.69, 9.17) is 17.5 Å². The van der Waals surface area contributed by atoms with Crippen molar-refractivity contribution >= 4 is 10.4 Å². The van der Waals surface area contributed by atoms with Crippen LogP contribution in [0.25, 0.3) is 0 Å². The number of rotatable bonds is 7. The van der Waals surface area contributed by atoms with Crippen molar-refractivity contribution in [3.63, 3.8) is 0 Å². The van der Waals surface area contributed by atoms with Crippen molar-refractivity contribution in [3.8, 4) is 0 Å². The van der Waals surface area contributed by atoms with Gasteiger partial charge in [0.05, 0.1) is 27.7 Å². The van der Waals surface area contributed by atoms with Crippen LogP contribution in [0.15, 0.2) is 0 Å². The van der Waals surface area contributed by atoms with E-state index in [0.717, 1.165) is 4.48 Å². The first-order valence-corrected chi connectivity index (χ1v) is 7.36. The summed E-state index contributed by atoms with van der Waals surface area (Å²) in [4.78, 5) is 0. The average molecular weight is 291 g/mol. The molecule has 0 amide bonds. The molecule has 106 valence electrons. The Morgan fingerprint density at radius 2 is 1.22 bits per heavy atom. The summed E-state index contributed by atoms with van der Waals surface area (Å²) in [7, 11) is 1.64. The summed E-state index contributed by atoms with van der Waals surface area (Å²) >= 11 is 0. The molecule has 0 saturated heterocycles. The van der Waals surface area contributed by atoms with Crippen molar-refractivity contribution in [3.05, 3.63) is 0 Å². The monoisotopic (exact) mass is 291 g/mol. The smallest absolute Gasteiger partial charge is 0.759 e. The fraction of sp³-hybridized carbons (Fsp3) is 1.00. The molecular weight excluding hydrogens is 265 g/mol. The molecule has 0 N–H and O–H groups in total. The Balaban J connectivity index is -0.000000321. The van der Waals surface area contributed by atoms with Gasteiger partial charge in [0, 0.05) is 10.4 Å². The summed E-state index contributed by atoms with van der Waals surface area (Å²) in [5.41, 5.74) is 0. The number of hydrogen-bond donors (Lipinski definition) is 0. The molecule has 0 radical (unpaired) electrons. The van der Waals surface area contributed by atoms with E-state index >= 15 is 0 Å². The number of unbranched alkanes of at least 4 members (excludes halogenated alkanes) is 5. The minimum Gasteiger partial charge on any atom is -0.759 e. The molecule has 0 aromatic carbocycles. The van der Waals surface area contributed by atoms with Crippen LogP contribution in [0, 0.1) is 0 Å². The third-order valence-corrected chi connectivity index (χ3v) is 2.18. The van der Waals surface area contributed by atoms with Crippen LogP contribution in [0.3, 0.4) is 0 Å². The number of nitrogens with zero attached hydrogens (tertiary/aromatic N) is 1. The van der Waals surface area contributed by atoms with E-state index in [2.05, 4.69) is 28.1 Å². The summed E-state index contributed by atoms with van der Waals surface area (Å²) in [6.45, 7) is 3.60. The maximum atomic E-state index is 8.52. The van der Waals surface area contributed by atoms with E-state index in [1.807, 2.05) is 0 Å². The second kappa shape index (κ2) is 12.8. The van der Waals surface area contributed by atoms with E-state index in [9.17, 15) is 0 Å². The van der Waals surface area contributed by atoms with Crippen LogP contribution < -0.4 is 29.6 Å². The molecule has 18 heavy (non-hydrogen) atoms. The van der Waals surface area contributed by atoms with Gasteiger partial charge in [0.15, 0.2) is 0 Å². The van der Waals surface area contributed by atoms with Crippen LogP contribution in [0.2, 0.25) is 0 Å². The minimum atomic E-state index is -5.17. The van der Waals surface area contributed by atoms with Crippen molar-refractivity contribution in [2.24, 2.45) is 0 Å². The van der Waals surface area contributed by atoms with Crippen LogP contribution in [-0.2, 0) is 10.4 Å². The molecule has 0 atom stereocenters. The Morgan fingerprint density at radius 1 is 0.889 bits per heavy atom. The molecule has 0 aliphatic carbocycles. The first kappa shape index (κ1) is 23.9.